The largest absolute Gasteiger partial charge is 0.383 e. The summed E-state index contributed by atoms with van der Waals surface area (Å²) in [5.41, 5.74) is 0.521. The summed E-state index contributed by atoms with van der Waals surface area (Å²) in [4.78, 5) is 20.0. The van der Waals surface area contributed by atoms with Crippen LogP contribution in [0.15, 0.2) is 54.3 Å². The van der Waals surface area contributed by atoms with Crippen LogP contribution in [-0.4, -0.2) is 53.8 Å². The first-order chi connectivity index (χ1) is 17.7. The van der Waals surface area contributed by atoms with E-state index in [2.05, 4.69) is 32.4 Å². The molecule has 0 bridgehead atoms. The molecule has 0 spiro atoms. The van der Waals surface area contributed by atoms with E-state index in [1.54, 1.807) is 46.4 Å². The molecule has 1 unspecified atom stereocenters. The van der Waals surface area contributed by atoms with Crippen LogP contribution in [-0.2, 0) is 18.7 Å². The van der Waals surface area contributed by atoms with Gasteiger partial charge < -0.3 is 15.3 Å². The molecule has 198 valence electrons. The molecule has 0 saturated carbocycles. The molecule has 2 N–H and O–H groups in total. The summed E-state index contributed by atoms with van der Waals surface area (Å²) in [7, 11) is 0. The van der Waals surface area contributed by atoms with Gasteiger partial charge in [-0.1, -0.05) is 66.7 Å². The Kier molecular flexibility index (Phi) is 10.4. The molecule has 1 aliphatic heterocycles. The van der Waals surface area contributed by atoms with E-state index in [0.29, 0.717) is 53.4 Å². The van der Waals surface area contributed by atoms with Crippen molar-refractivity contribution in [3.05, 3.63) is 85.6 Å². The standard InChI is InChI=1S/C14H17Cl2N3O.C9H10ClN5O2/c1-2-3-6-14(20,8-19-10-17-9-18-19)12-5-4-11(15)7-13(12)16;10-8-2-1-7(5-12-8)6-14-4-3-11-9(14)13-15(16)17/h4-5,7,9-10,20H,2-3,6,8H2,1H3;1-2,5H,3-4,6H2,(H,11,13). The van der Waals surface area contributed by atoms with Crippen LogP contribution in [0.25, 0.3) is 0 Å². The van der Waals surface area contributed by atoms with Gasteiger partial charge in [0.05, 0.1) is 6.54 Å². The highest BCUT2D eigenvalue weighted by molar-refractivity contribution is 6.35. The number of hydrogen-bond donors (Lipinski definition) is 2. The summed E-state index contributed by atoms with van der Waals surface area (Å²) < 4.78 is 1.61. The van der Waals surface area contributed by atoms with Crippen molar-refractivity contribution < 1.29 is 10.1 Å². The monoisotopic (exact) mass is 568 g/mol. The molecule has 0 amide bonds. The Morgan fingerprint density at radius 2 is 2.08 bits per heavy atom. The van der Waals surface area contributed by atoms with E-state index in [1.807, 2.05) is 6.07 Å². The van der Waals surface area contributed by atoms with E-state index in [4.69, 9.17) is 34.8 Å². The van der Waals surface area contributed by atoms with Gasteiger partial charge in [0.2, 0.25) is 0 Å². The van der Waals surface area contributed by atoms with Gasteiger partial charge in [-0.2, -0.15) is 5.10 Å². The smallest absolute Gasteiger partial charge is 0.271 e. The van der Waals surface area contributed by atoms with E-state index in [1.165, 1.54) is 6.33 Å². The Balaban J connectivity index is 0.000000208. The number of hydrazone groups is 1. The lowest BCUT2D eigenvalue weighted by Crippen LogP contribution is -2.32. The normalized spacial score (nSPS) is 15.6. The van der Waals surface area contributed by atoms with E-state index in [9.17, 15) is 15.2 Å². The van der Waals surface area contributed by atoms with Crippen LogP contribution in [0.3, 0.4) is 0 Å². The van der Waals surface area contributed by atoms with Crippen LogP contribution < -0.4 is 5.32 Å². The first-order valence-electron chi connectivity index (χ1n) is 11.5. The van der Waals surface area contributed by atoms with Gasteiger partial charge in [-0.3, -0.25) is 0 Å². The maximum absolute atomic E-state index is 11.0. The summed E-state index contributed by atoms with van der Waals surface area (Å²) in [5, 5.41) is 32.3. The summed E-state index contributed by atoms with van der Waals surface area (Å²) in [6.07, 6.45) is 7.16. The van der Waals surface area contributed by atoms with Gasteiger partial charge in [0.25, 0.3) is 5.96 Å². The molecule has 2 aromatic heterocycles. The van der Waals surface area contributed by atoms with Crippen molar-refractivity contribution in [1.82, 2.24) is 30.0 Å². The third-order valence-electron chi connectivity index (χ3n) is 5.57. The van der Waals surface area contributed by atoms with Crippen molar-refractivity contribution >= 4 is 40.8 Å². The summed E-state index contributed by atoms with van der Waals surface area (Å²) in [6, 6.07) is 8.68. The van der Waals surface area contributed by atoms with Crippen molar-refractivity contribution in [2.45, 2.75) is 44.9 Å². The lowest BCUT2D eigenvalue weighted by atomic mass is 9.88. The molecule has 0 radical (unpaired) electrons. The van der Waals surface area contributed by atoms with E-state index >= 15 is 0 Å². The fourth-order valence-corrected chi connectivity index (χ4v) is 4.48. The number of nitro groups is 1. The Labute approximate surface area is 229 Å². The summed E-state index contributed by atoms with van der Waals surface area (Å²) in [6.45, 7) is 4.24. The molecule has 1 saturated heterocycles. The second-order valence-corrected chi connectivity index (χ2v) is 9.58. The minimum atomic E-state index is -1.08. The minimum Gasteiger partial charge on any atom is -0.383 e. The molecule has 14 heteroatoms. The zero-order valence-corrected chi connectivity index (χ0v) is 22.4. The van der Waals surface area contributed by atoms with Crippen molar-refractivity contribution in [3.8, 4) is 0 Å². The minimum absolute atomic E-state index is 0.282. The number of aliphatic hydroxyl groups is 1. The number of rotatable bonds is 9. The lowest BCUT2D eigenvalue weighted by molar-refractivity contribution is -0.485. The Hall–Kier alpha value is -2.99. The third-order valence-corrected chi connectivity index (χ3v) is 6.34. The number of unbranched alkanes of at least 4 members (excludes halogenated alkanes) is 1. The molecule has 3 heterocycles. The maximum Gasteiger partial charge on any atom is 0.271 e. The second kappa shape index (κ2) is 13.5. The molecule has 11 nitrogen and oxygen atoms in total. The van der Waals surface area contributed by atoms with Crippen LogP contribution in [0.5, 0.6) is 0 Å². The van der Waals surface area contributed by atoms with Crippen molar-refractivity contribution in [2.24, 2.45) is 5.10 Å². The van der Waals surface area contributed by atoms with Gasteiger partial charge >= 0.3 is 0 Å². The number of halogens is 3. The number of nitrogens with one attached hydrogen (secondary N) is 1. The van der Waals surface area contributed by atoms with Crippen molar-refractivity contribution in [2.75, 3.05) is 13.1 Å². The van der Waals surface area contributed by atoms with Crippen LogP contribution in [0.2, 0.25) is 15.2 Å². The van der Waals surface area contributed by atoms with Gasteiger partial charge in [0, 0.05) is 41.4 Å². The van der Waals surface area contributed by atoms with Gasteiger partial charge in [0.15, 0.2) is 5.03 Å². The molecule has 1 aromatic carbocycles. The SMILES string of the molecule is CCCCC(O)(Cn1cncn1)c1ccc(Cl)cc1Cl.O=[N+]([O-])/N=C1\NCCN1Cc1ccc(Cl)nc1. The van der Waals surface area contributed by atoms with Gasteiger partial charge in [-0.05, 0) is 30.2 Å². The van der Waals surface area contributed by atoms with E-state index in [-0.39, 0.29) is 5.96 Å². The Morgan fingerprint density at radius 1 is 1.27 bits per heavy atom. The van der Waals surface area contributed by atoms with Crippen LogP contribution in [0.4, 0.5) is 0 Å². The molecule has 1 fully saturated rings. The predicted molar refractivity (Wildman–Crippen MR) is 142 cm³/mol. The van der Waals surface area contributed by atoms with E-state index in [0.717, 1.165) is 18.4 Å². The van der Waals surface area contributed by atoms with Crippen LogP contribution in [0.1, 0.15) is 37.3 Å². The molecule has 37 heavy (non-hydrogen) atoms. The molecule has 1 aliphatic rings. The van der Waals surface area contributed by atoms with Gasteiger partial charge in [-0.15, -0.1) is 0 Å². The molecule has 4 rings (SSSR count). The van der Waals surface area contributed by atoms with Gasteiger partial charge in [-0.25, -0.2) is 24.8 Å². The fraction of sp³-hybridized carbons (Fsp3) is 0.391. The average molecular weight is 570 g/mol. The lowest BCUT2D eigenvalue weighted by Gasteiger charge is -2.29. The molecular weight excluding hydrogens is 543 g/mol. The topological polar surface area (TPSA) is 135 Å². The third kappa shape index (κ3) is 8.53. The highest BCUT2D eigenvalue weighted by Gasteiger charge is 2.32. The highest BCUT2D eigenvalue weighted by Crippen LogP contribution is 2.35. The molecule has 1 atom stereocenters. The second-order valence-electron chi connectivity index (χ2n) is 8.35. The van der Waals surface area contributed by atoms with Gasteiger partial charge in [0.1, 0.15) is 28.5 Å². The molecular formula is C23H27Cl3N8O3. The highest BCUT2D eigenvalue weighted by atomic mass is 35.5. The first-order valence-corrected chi connectivity index (χ1v) is 12.7. The number of hydrogen-bond acceptors (Lipinski definition) is 6. The summed E-state index contributed by atoms with van der Waals surface area (Å²) >= 11 is 17.8. The zero-order valence-electron chi connectivity index (χ0n) is 20.1. The average Bonchev–Trinajstić information content (AvgIpc) is 3.51. The first kappa shape index (κ1) is 28.6. The predicted octanol–water partition coefficient (Wildman–Crippen LogP) is 4.35. The zero-order chi connectivity index (χ0) is 26.8. The van der Waals surface area contributed by atoms with Crippen molar-refractivity contribution in [1.29, 1.82) is 0 Å². The van der Waals surface area contributed by atoms with E-state index < -0.39 is 10.6 Å². The number of guanidine groups is 1. The Morgan fingerprint density at radius 3 is 2.70 bits per heavy atom. The van der Waals surface area contributed by atoms with Crippen LogP contribution in [0, 0.1) is 10.1 Å². The summed E-state index contributed by atoms with van der Waals surface area (Å²) in [5.74, 6) is 0.282. The number of benzene rings is 1. The Bertz CT molecular complexity index is 1190. The fourth-order valence-electron chi connectivity index (χ4n) is 3.79. The quantitative estimate of drug-likeness (QED) is 0.221. The molecule has 3 aromatic rings. The number of aromatic nitrogens is 4. The molecule has 0 aliphatic carbocycles. The maximum atomic E-state index is 11.0. The number of nitrogens with zero attached hydrogens (tertiary/aromatic N) is 7. The number of pyridine rings is 1. The van der Waals surface area contributed by atoms with Crippen molar-refractivity contribution in [3.63, 3.8) is 0 Å². The van der Waals surface area contributed by atoms with Crippen LogP contribution >= 0.6 is 34.8 Å².